The summed E-state index contributed by atoms with van der Waals surface area (Å²) in [6.45, 7) is 2.74. The van der Waals surface area contributed by atoms with Crippen LogP contribution in [0.2, 0.25) is 0 Å². The molecule has 0 saturated carbocycles. The van der Waals surface area contributed by atoms with E-state index < -0.39 is 17.3 Å². The van der Waals surface area contributed by atoms with E-state index in [0.29, 0.717) is 0 Å². The maximum absolute atomic E-state index is 10.6. The van der Waals surface area contributed by atoms with E-state index in [4.69, 9.17) is 10.8 Å². The fourth-order valence-electron chi connectivity index (χ4n) is 0.551. The molecule has 10 heavy (non-hydrogen) atoms. The molecule has 0 saturated heterocycles. The molecule has 0 amide bonds. The molecule has 0 aromatic heterocycles. The summed E-state index contributed by atoms with van der Waals surface area (Å²) in [6.07, 6.45) is 0.123. The molecule has 0 aromatic rings. The van der Waals surface area contributed by atoms with Gasteiger partial charge in [-0.3, -0.25) is 4.79 Å². The smallest absolute Gasteiger partial charge is 0.331 e. The van der Waals surface area contributed by atoms with Crippen molar-refractivity contribution < 1.29 is 14.7 Å². The van der Waals surface area contributed by atoms with E-state index in [1.165, 1.54) is 6.92 Å². The van der Waals surface area contributed by atoms with Gasteiger partial charge in [-0.1, -0.05) is 6.92 Å². The molecule has 3 N–H and O–H groups in total. The highest BCUT2D eigenvalue weighted by Crippen LogP contribution is 2.06. The van der Waals surface area contributed by atoms with Crippen molar-refractivity contribution in [1.29, 1.82) is 0 Å². The highest BCUT2D eigenvalue weighted by atomic mass is 16.4. The third-order valence-corrected chi connectivity index (χ3v) is 1.57. The third kappa shape index (κ3) is 1.33. The van der Waals surface area contributed by atoms with Gasteiger partial charge in [0, 0.05) is 0 Å². The van der Waals surface area contributed by atoms with Gasteiger partial charge in [0.2, 0.25) is 0 Å². The summed E-state index contributed by atoms with van der Waals surface area (Å²) in [5.74, 6) is -1.77. The van der Waals surface area contributed by atoms with Crippen LogP contribution >= 0.6 is 0 Å². The first kappa shape index (κ1) is 9.10. The average molecular weight is 145 g/mol. The molecule has 0 aliphatic carbocycles. The molecule has 0 rings (SSSR count). The highest BCUT2D eigenvalue weighted by molar-refractivity contribution is 6.06. The SMILES string of the molecule is CCC(N)(C(C)=O)C(=O)O. The van der Waals surface area contributed by atoms with Crippen LogP contribution in [0.25, 0.3) is 0 Å². The second-order valence-corrected chi connectivity index (χ2v) is 2.19. The number of carbonyl (C=O) groups is 2. The van der Waals surface area contributed by atoms with Gasteiger partial charge in [0.15, 0.2) is 11.3 Å². The molecule has 1 unspecified atom stereocenters. The molecule has 0 spiro atoms. The molecule has 0 aliphatic rings. The Labute approximate surface area is 59.0 Å². The van der Waals surface area contributed by atoms with Crippen molar-refractivity contribution in [3.8, 4) is 0 Å². The second-order valence-electron chi connectivity index (χ2n) is 2.19. The summed E-state index contributed by atoms with van der Waals surface area (Å²) in [5.41, 5.74) is 3.55. The van der Waals surface area contributed by atoms with Gasteiger partial charge < -0.3 is 10.8 Å². The van der Waals surface area contributed by atoms with Crippen molar-refractivity contribution in [2.45, 2.75) is 25.8 Å². The summed E-state index contributed by atoms with van der Waals surface area (Å²) in [6, 6.07) is 0. The topological polar surface area (TPSA) is 80.4 Å². The van der Waals surface area contributed by atoms with E-state index in [0.717, 1.165) is 0 Å². The maximum Gasteiger partial charge on any atom is 0.331 e. The van der Waals surface area contributed by atoms with E-state index in [1.807, 2.05) is 0 Å². The Hall–Kier alpha value is -0.900. The lowest BCUT2D eigenvalue weighted by Crippen LogP contribution is -2.53. The van der Waals surface area contributed by atoms with Gasteiger partial charge in [0.1, 0.15) is 0 Å². The van der Waals surface area contributed by atoms with Gasteiger partial charge in [0.25, 0.3) is 0 Å². The fourth-order valence-corrected chi connectivity index (χ4v) is 0.551. The minimum Gasteiger partial charge on any atom is -0.480 e. The molecule has 0 aromatic carbocycles. The third-order valence-electron chi connectivity index (χ3n) is 1.57. The molecule has 1 atom stereocenters. The number of rotatable bonds is 3. The van der Waals surface area contributed by atoms with Crippen LogP contribution in [-0.4, -0.2) is 22.4 Å². The Bertz CT molecular complexity index is 150. The lowest BCUT2D eigenvalue weighted by Gasteiger charge is -2.18. The van der Waals surface area contributed by atoms with Gasteiger partial charge in [-0.05, 0) is 13.3 Å². The predicted molar refractivity (Wildman–Crippen MR) is 35.5 cm³/mol. The molecule has 0 fully saturated rings. The normalized spacial score (nSPS) is 15.9. The Kier molecular flexibility index (Phi) is 2.54. The van der Waals surface area contributed by atoms with Gasteiger partial charge in [-0.15, -0.1) is 0 Å². The standard InChI is InChI=1S/C6H11NO3/c1-3-6(7,4(2)8)5(9)10/h3,7H2,1-2H3,(H,9,10). The molecule has 58 valence electrons. The molecule has 4 heteroatoms. The summed E-state index contributed by atoms with van der Waals surface area (Å²) in [4.78, 5) is 21.0. The van der Waals surface area contributed by atoms with Crippen molar-refractivity contribution in [1.82, 2.24) is 0 Å². The quantitative estimate of drug-likeness (QED) is 0.537. The number of nitrogens with two attached hydrogens (primary N) is 1. The van der Waals surface area contributed by atoms with Gasteiger partial charge in [0.05, 0.1) is 0 Å². The summed E-state index contributed by atoms with van der Waals surface area (Å²) in [5, 5.41) is 8.46. The maximum atomic E-state index is 10.6. The van der Waals surface area contributed by atoms with Gasteiger partial charge in [-0.25, -0.2) is 4.79 Å². The van der Waals surface area contributed by atoms with Crippen LogP contribution < -0.4 is 5.73 Å². The summed E-state index contributed by atoms with van der Waals surface area (Å²) < 4.78 is 0. The number of Topliss-reactive ketones (excluding diaryl/α,β-unsaturated/α-hetero) is 1. The highest BCUT2D eigenvalue weighted by Gasteiger charge is 2.36. The zero-order chi connectivity index (χ0) is 8.36. The zero-order valence-corrected chi connectivity index (χ0v) is 6.05. The molecule has 0 heterocycles. The number of carboxylic acids is 1. The zero-order valence-electron chi connectivity index (χ0n) is 6.05. The summed E-state index contributed by atoms with van der Waals surface area (Å²) >= 11 is 0. The number of carboxylic acid groups (broad SMARTS) is 1. The van der Waals surface area contributed by atoms with Gasteiger partial charge >= 0.3 is 5.97 Å². The molecule has 4 nitrogen and oxygen atoms in total. The Morgan fingerprint density at radius 1 is 1.60 bits per heavy atom. The first-order valence-corrected chi connectivity index (χ1v) is 2.98. The van der Waals surface area contributed by atoms with Crippen LogP contribution in [0.5, 0.6) is 0 Å². The predicted octanol–water partition coefficient (Wildman–Crippen LogP) is -0.233. The summed E-state index contributed by atoms with van der Waals surface area (Å²) in [7, 11) is 0. The Morgan fingerprint density at radius 3 is 2.00 bits per heavy atom. The minimum atomic E-state index is -1.68. The number of carbonyl (C=O) groups excluding carboxylic acids is 1. The Balaban J connectivity index is 4.55. The van der Waals surface area contributed by atoms with Crippen molar-refractivity contribution in [3.63, 3.8) is 0 Å². The van der Waals surface area contributed by atoms with E-state index in [9.17, 15) is 9.59 Å². The second kappa shape index (κ2) is 2.79. The first-order chi connectivity index (χ1) is 4.45. The largest absolute Gasteiger partial charge is 0.480 e. The molecule has 0 aliphatic heterocycles. The van der Waals surface area contributed by atoms with Crippen LogP contribution in [0.15, 0.2) is 0 Å². The van der Waals surface area contributed by atoms with Crippen LogP contribution in [0.3, 0.4) is 0 Å². The van der Waals surface area contributed by atoms with Crippen LogP contribution in [0.1, 0.15) is 20.3 Å². The van der Waals surface area contributed by atoms with Crippen molar-refractivity contribution in [2.24, 2.45) is 5.73 Å². The van der Waals surface area contributed by atoms with E-state index >= 15 is 0 Å². The van der Waals surface area contributed by atoms with Crippen LogP contribution in [-0.2, 0) is 9.59 Å². The first-order valence-electron chi connectivity index (χ1n) is 2.98. The van der Waals surface area contributed by atoms with Crippen LogP contribution in [0, 0.1) is 0 Å². The number of aliphatic carboxylic acids is 1. The fraction of sp³-hybridized carbons (Fsp3) is 0.667. The lowest BCUT2D eigenvalue weighted by atomic mass is 9.93. The lowest BCUT2D eigenvalue weighted by molar-refractivity contribution is -0.147. The monoisotopic (exact) mass is 145 g/mol. The van der Waals surface area contributed by atoms with Crippen molar-refractivity contribution >= 4 is 11.8 Å². The minimum absolute atomic E-state index is 0.123. The molecular weight excluding hydrogens is 134 g/mol. The Morgan fingerprint density at radius 2 is 2.00 bits per heavy atom. The van der Waals surface area contributed by atoms with Crippen molar-refractivity contribution in [3.05, 3.63) is 0 Å². The van der Waals surface area contributed by atoms with E-state index in [1.54, 1.807) is 6.92 Å². The number of hydrogen-bond acceptors (Lipinski definition) is 3. The molecule has 0 radical (unpaired) electrons. The average Bonchev–Trinajstić information content (AvgIpc) is 1.85. The van der Waals surface area contributed by atoms with E-state index in [-0.39, 0.29) is 6.42 Å². The number of ketones is 1. The molecule has 0 bridgehead atoms. The number of hydrogen-bond donors (Lipinski definition) is 2. The van der Waals surface area contributed by atoms with Crippen LogP contribution in [0.4, 0.5) is 0 Å². The molecular formula is C6H11NO3. The van der Waals surface area contributed by atoms with E-state index in [2.05, 4.69) is 0 Å². The van der Waals surface area contributed by atoms with Gasteiger partial charge in [-0.2, -0.15) is 0 Å². The van der Waals surface area contributed by atoms with Crippen molar-refractivity contribution in [2.75, 3.05) is 0 Å².